The van der Waals surface area contributed by atoms with Crippen molar-refractivity contribution in [3.63, 3.8) is 0 Å². The highest BCUT2D eigenvalue weighted by molar-refractivity contribution is 5.77. The van der Waals surface area contributed by atoms with Crippen molar-refractivity contribution in [2.75, 3.05) is 27.2 Å². The van der Waals surface area contributed by atoms with Gasteiger partial charge in [-0.25, -0.2) is 0 Å². The van der Waals surface area contributed by atoms with E-state index < -0.39 is 0 Å². The second kappa shape index (κ2) is 5.57. The Morgan fingerprint density at radius 2 is 1.95 bits per heavy atom. The smallest absolute Gasteiger partial charge is 0.236 e. The lowest BCUT2D eigenvalue weighted by atomic mass is 9.84. The third kappa shape index (κ3) is 3.40. The van der Waals surface area contributed by atoms with E-state index in [0.717, 1.165) is 19.5 Å². The van der Waals surface area contributed by atoms with Crippen LogP contribution in [0.4, 0.5) is 0 Å². The Kier molecular flexibility index (Phi) is 4.19. The van der Waals surface area contributed by atoms with Gasteiger partial charge in [-0.2, -0.15) is 0 Å². The molecule has 1 heterocycles. The molecular weight excluding hydrogens is 248 g/mol. The summed E-state index contributed by atoms with van der Waals surface area (Å²) >= 11 is 0. The molecule has 0 atom stereocenters. The Bertz CT molecular complexity index is 500. The predicted octanol–water partition coefficient (Wildman–Crippen LogP) is 2.43. The first-order valence-corrected chi connectivity index (χ1v) is 7.32. The van der Waals surface area contributed by atoms with Crippen molar-refractivity contribution in [1.29, 1.82) is 0 Å². The molecule has 1 aromatic rings. The highest BCUT2D eigenvalue weighted by Gasteiger charge is 2.21. The van der Waals surface area contributed by atoms with Crippen LogP contribution in [-0.2, 0) is 23.2 Å². The summed E-state index contributed by atoms with van der Waals surface area (Å²) in [6.07, 6.45) is 1.04. The minimum atomic E-state index is 0.180. The summed E-state index contributed by atoms with van der Waals surface area (Å²) < 4.78 is 0. The fraction of sp³-hybridized carbons (Fsp3) is 0.588. The van der Waals surface area contributed by atoms with Gasteiger partial charge in [0.15, 0.2) is 0 Å². The third-order valence-electron chi connectivity index (χ3n) is 4.02. The summed E-state index contributed by atoms with van der Waals surface area (Å²) in [7, 11) is 3.63. The number of benzene rings is 1. The molecule has 0 aliphatic carbocycles. The van der Waals surface area contributed by atoms with Gasteiger partial charge in [0.25, 0.3) is 0 Å². The fourth-order valence-corrected chi connectivity index (χ4v) is 2.55. The molecule has 0 fully saturated rings. The molecule has 0 spiro atoms. The van der Waals surface area contributed by atoms with Crippen LogP contribution in [0.2, 0.25) is 0 Å². The monoisotopic (exact) mass is 274 g/mol. The minimum absolute atomic E-state index is 0.180. The maximum atomic E-state index is 11.8. The number of hydrogen-bond donors (Lipinski definition) is 0. The fourth-order valence-electron chi connectivity index (χ4n) is 2.55. The molecule has 0 aromatic heterocycles. The van der Waals surface area contributed by atoms with E-state index in [2.05, 4.69) is 43.9 Å². The first kappa shape index (κ1) is 15.0. The molecule has 1 aliphatic heterocycles. The molecule has 0 saturated carbocycles. The van der Waals surface area contributed by atoms with Crippen LogP contribution in [0.5, 0.6) is 0 Å². The summed E-state index contributed by atoms with van der Waals surface area (Å²) in [6.45, 7) is 9.13. The standard InChI is InChI=1S/C17H26N2O/c1-17(2,3)15-7-6-14-11-19(9-8-13(14)10-15)12-16(20)18(4)5/h6-7,10H,8-9,11-12H2,1-5H3. The highest BCUT2D eigenvalue weighted by atomic mass is 16.2. The lowest BCUT2D eigenvalue weighted by molar-refractivity contribution is -0.130. The number of hydrogen-bond acceptors (Lipinski definition) is 2. The summed E-state index contributed by atoms with van der Waals surface area (Å²) in [5.74, 6) is 0.180. The Balaban J connectivity index is 2.10. The average Bonchev–Trinajstić information content (AvgIpc) is 2.36. The van der Waals surface area contributed by atoms with Crippen LogP contribution in [0.15, 0.2) is 18.2 Å². The van der Waals surface area contributed by atoms with Crippen molar-refractivity contribution in [1.82, 2.24) is 9.80 Å². The summed E-state index contributed by atoms with van der Waals surface area (Å²) in [5, 5.41) is 0. The molecule has 1 amide bonds. The lowest BCUT2D eigenvalue weighted by Crippen LogP contribution is -2.39. The highest BCUT2D eigenvalue weighted by Crippen LogP contribution is 2.27. The van der Waals surface area contributed by atoms with E-state index >= 15 is 0 Å². The molecule has 1 aliphatic rings. The van der Waals surface area contributed by atoms with Gasteiger partial charge in [0.2, 0.25) is 5.91 Å². The van der Waals surface area contributed by atoms with Crippen LogP contribution in [-0.4, -0.2) is 42.9 Å². The second-order valence-electron chi connectivity index (χ2n) is 6.98. The van der Waals surface area contributed by atoms with Crippen LogP contribution in [0.3, 0.4) is 0 Å². The van der Waals surface area contributed by atoms with Crippen LogP contribution in [0, 0.1) is 0 Å². The molecule has 110 valence electrons. The predicted molar refractivity (Wildman–Crippen MR) is 82.8 cm³/mol. The molecule has 2 rings (SSSR count). The molecule has 0 radical (unpaired) electrons. The van der Waals surface area contributed by atoms with Gasteiger partial charge in [-0.3, -0.25) is 9.69 Å². The number of nitrogens with zero attached hydrogens (tertiary/aromatic N) is 2. The zero-order chi connectivity index (χ0) is 14.9. The molecule has 3 nitrogen and oxygen atoms in total. The number of carbonyl (C=O) groups is 1. The number of likely N-dealkylation sites (N-methyl/N-ethyl adjacent to an activating group) is 1. The van der Waals surface area contributed by atoms with Gasteiger partial charge in [-0.05, 0) is 28.5 Å². The van der Waals surface area contributed by atoms with Gasteiger partial charge in [0.1, 0.15) is 0 Å². The first-order valence-electron chi connectivity index (χ1n) is 7.32. The third-order valence-corrected chi connectivity index (χ3v) is 4.02. The van der Waals surface area contributed by atoms with Crippen molar-refractivity contribution < 1.29 is 4.79 Å². The minimum Gasteiger partial charge on any atom is -0.348 e. The van der Waals surface area contributed by atoms with E-state index in [1.54, 1.807) is 4.90 Å². The Hall–Kier alpha value is -1.35. The number of fused-ring (bicyclic) bond motifs is 1. The van der Waals surface area contributed by atoms with E-state index in [1.165, 1.54) is 16.7 Å². The number of amides is 1. The van der Waals surface area contributed by atoms with Gasteiger partial charge in [-0.15, -0.1) is 0 Å². The van der Waals surface area contributed by atoms with E-state index in [1.807, 2.05) is 14.1 Å². The molecule has 3 heteroatoms. The molecule has 0 unspecified atom stereocenters. The van der Waals surface area contributed by atoms with Gasteiger partial charge in [0, 0.05) is 27.2 Å². The Labute approximate surface area is 122 Å². The topological polar surface area (TPSA) is 23.6 Å². The average molecular weight is 274 g/mol. The number of carbonyl (C=O) groups excluding carboxylic acids is 1. The van der Waals surface area contributed by atoms with E-state index in [-0.39, 0.29) is 11.3 Å². The van der Waals surface area contributed by atoms with E-state index in [0.29, 0.717) is 6.54 Å². The molecule has 1 aromatic carbocycles. The summed E-state index contributed by atoms with van der Waals surface area (Å²) in [4.78, 5) is 15.7. The van der Waals surface area contributed by atoms with Crippen molar-refractivity contribution in [3.8, 4) is 0 Å². The molecule has 0 saturated heterocycles. The zero-order valence-electron chi connectivity index (χ0n) is 13.4. The van der Waals surface area contributed by atoms with Gasteiger partial charge >= 0.3 is 0 Å². The number of rotatable bonds is 2. The SMILES string of the molecule is CN(C)C(=O)CN1CCc2cc(C(C)(C)C)ccc2C1. The Morgan fingerprint density at radius 3 is 2.55 bits per heavy atom. The van der Waals surface area contributed by atoms with Crippen LogP contribution >= 0.6 is 0 Å². The van der Waals surface area contributed by atoms with Crippen molar-refractivity contribution >= 4 is 5.91 Å². The summed E-state index contributed by atoms with van der Waals surface area (Å²) in [5.41, 5.74) is 4.42. The van der Waals surface area contributed by atoms with Crippen molar-refractivity contribution in [2.45, 2.75) is 39.2 Å². The normalized spacial score (nSPS) is 15.8. The molecule has 20 heavy (non-hydrogen) atoms. The zero-order valence-corrected chi connectivity index (χ0v) is 13.4. The first-order chi connectivity index (χ1) is 9.27. The lowest BCUT2D eigenvalue weighted by Gasteiger charge is -2.30. The molecule has 0 bridgehead atoms. The largest absolute Gasteiger partial charge is 0.348 e. The van der Waals surface area contributed by atoms with E-state index in [4.69, 9.17) is 0 Å². The van der Waals surface area contributed by atoms with Crippen LogP contribution in [0.1, 0.15) is 37.5 Å². The Morgan fingerprint density at radius 1 is 1.25 bits per heavy atom. The van der Waals surface area contributed by atoms with E-state index in [9.17, 15) is 4.79 Å². The van der Waals surface area contributed by atoms with Gasteiger partial charge in [-0.1, -0.05) is 39.0 Å². The van der Waals surface area contributed by atoms with Gasteiger partial charge in [0.05, 0.1) is 6.54 Å². The second-order valence-corrected chi connectivity index (χ2v) is 6.98. The van der Waals surface area contributed by atoms with Crippen molar-refractivity contribution in [2.24, 2.45) is 0 Å². The quantitative estimate of drug-likeness (QED) is 0.827. The summed E-state index contributed by atoms with van der Waals surface area (Å²) in [6, 6.07) is 6.82. The maximum Gasteiger partial charge on any atom is 0.236 e. The molecule has 0 N–H and O–H groups in total. The van der Waals surface area contributed by atoms with Crippen LogP contribution < -0.4 is 0 Å². The van der Waals surface area contributed by atoms with Gasteiger partial charge < -0.3 is 4.90 Å². The maximum absolute atomic E-state index is 11.8. The molecular formula is C17H26N2O. The van der Waals surface area contributed by atoms with Crippen LogP contribution in [0.25, 0.3) is 0 Å². The van der Waals surface area contributed by atoms with Crippen molar-refractivity contribution in [3.05, 3.63) is 34.9 Å².